The summed E-state index contributed by atoms with van der Waals surface area (Å²) < 4.78 is 4.95. The summed E-state index contributed by atoms with van der Waals surface area (Å²) in [4.78, 5) is 17.9. The van der Waals surface area contributed by atoms with Gasteiger partial charge in [-0.05, 0) is 48.9 Å². The highest BCUT2D eigenvalue weighted by molar-refractivity contribution is 6.17. The molecule has 0 bridgehead atoms. The number of hydrogen-bond acceptors (Lipinski definition) is 3. The van der Waals surface area contributed by atoms with Crippen molar-refractivity contribution in [3.8, 4) is 0 Å². The summed E-state index contributed by atoms with van der Waals surface area (Å²) in [6.45, 7) is 2.15. The number of halogens is 1. The van der Waals surface area contributed by atoms with Crippen LogP contribution in [-0.2, 0) is 10.6 Å². The van der Waals surface area contributed by atoms with Crippen LogP contribution in [0.4, 0.5) is 11.4 Å². The summed E-state index contributed by atoms with van der Waals surface area (Å²) in [6.07, 6.45) is 1.73. The highest BCUT2D eigenvalue weighted by Gasteiger charge is 2.05. The van der Waals surface area contributed by atoms with Gasteiger partial charge in [-0.1, -0.05) is 12.1 Å². The molecule has 0 saturated carbocycles. The van der Waals surface area contributed by atoms with Gasteiger partial charge >= 0.3 is 5.97 Å². The number of carbonyl (C=O) groups excluding carboxylic acids is 1. The van der Waals surface area contributed by atoms with Crippen LogP contribution in [0.25, 0.3) is 0 Å². The first kappa shape index (κ1) is 17.0. The normalized spacial score (nSPS) is 10.7. The molecule has 23 heavy (non-hydrogen) atoms. The number of carbonyl (C=O) groups is 1. The van der Waals surface area contributed by atoms with Gasteiger partial charge < -0.3 is 9.64 Å². The van der Waals surface area contributed by atoms with Crippen LogP contribution < -0.4 is 4.90 Å². The van der Waals surface area contributed by atoms with E-state index in [9.17, 15) is 4.79 Å². The van der Waals surface area contributed by atoms with Crippen molar-refractivity contribution in [2.75, 3.05) is 18.6 Å². The molecule has 0 aliphatic carbocycles. The molecule has 5 heteroatoms. The Kier molecular flexibility index (Phi) is 6.18. The highest BCUT2D eigenvalue weighted by Crippen LogP contribution is 2.16. The SMILES string of the molecule is CCOC(=O)c1ccc(N=CN(C)c2ccc(CCl)cc2)cc1. The molecule has 2 aromatic rings. The van der Waals surface area contributed by atoms with Crippen LogP contribution in [-0.4, -0.2) is 26.0 Å². The Morgan fingerprint density at radius 1 is 1.17 bits per heavy atom. The van der Waals surface area contributed by atoms with Crippen LogP contribution in [0.2, 0.25) is 0 Å². The monoisotopic (exact) mass is 330 g/mol. The quantitative estimate of drug-likeness (QED) is 0.341. The molecule has 0 aliphatic heterocycles. The van der Waals surface area contributed by atoms with E-state index in [0.717, 1.165) is 16.9 Å². The van der Waals surface area contributed by atoms with Crippen molar-refractivity contribution in [2.45, 2.75) is 12.8 Å². The number of benzene rings is 2. The van der Waals surface area contributed by atoms with Crippen molar-refractivity contribution in [1.82, 2.24) is 0 Å². The Bertz CT molecular complexity index is 666. The van der Waals surface area contributed by atoms with Crippen molar-refractivity contribution in [2.24, 2.45) is 4.99 Å². The van der Waals surface area contributed by atoms with E-state index in [2.05, 4.69) is 4.99 Å². The summed E-state index contributed by atoms with van der Waals surface area (Å²) >= 11 is 5.78. The van der Waals surface area contributed by atoms with Gasteiger partial charge in [0.05, 0.1) is 24.2 Å². The second-order valence-electron chi connectivity index (χ2n) is 4.92. The van der Waals surface area contributed by atoms with Gasteiger partial charge in [0, 0.05) is 18.6 Å². The molecule has 0 fully saturated rings. The molecular weight excluding hydrogens is 312 g/mol. The third-order valence-electron chi connectivity index (χ3n) is 3.26. The standard InChI is InChI=1S/C18H19ClN2O2/c1-3-23-18(22)15-6-8-16(9-7-15)20-13-21(2)17-10-4-14(12-19)5-11-17/h4-11,13H,3,12H2,1-2H3. The van der Waals surface area contributed by atoms with Crippen LogP contribution >= 0.6 is 11.6 Å². The predicted octanol–water partition coefficient (Wildman–Crippen LogP) is 4.40. The number of ether oxygens (including phenoxy) is 1. The zero-order chi connectivity index (χ0) is 16.7. The van der Waals surface area contributed by atoms with Gasteiger partial charge in [0.25, 0.3) is 0 Å². The molecule has 0 N–H and O–H groups in total. The van der Waals surface area contributed by atoms with Crippen molar-refractivity contribution in [3.63, 3.8) is 0 Å². The average Bonchev–Trinajstić information content (AvgIpc) is 2.60. The van der Waals surface area contributed by atoms with Gasteiger partial charge in [0.15, 0.2) is 0 Å². The lowest BCUT2D eigenvalue weighted by Gasteiger charge is -2.13. The molecule has 0 saturated heterocycles. The third-order valence-corrected chi connectivity index (χ3v) is 3.56. The lowest BCUT2D eigenvalue weighted by Crippen LogP contribution is -2.13. The van der Waals surface area contributed by atoms with E-state index in [0.29, 0.717) is 18.1 Å². The van der Waals surface area contributed by atoms with E-state index < -0.39 is 0 Å². The zero-order valence-electron chi connectivity index (χ0n) is 13.2. The molecule has 0 amide bonds. The minimum Gasteiger partial charge on any atom is -0.462 e. The Labute approximate surface area is 141 Å². The lowest BCUT2D eigenvalue weighted by molar-refractivity contribution is 0.0526. The summed E-state index contributed by atoms with van der Waals surface area (Å²) in [5.74, 6) is 0.185. The molecule has 2 aromatic carbocycles. The largest absolute Gasteiger partial charge is 0.462 e. The van der Waals surface area contributed by atoms with Crippen LogP contribution in [0, 0.1) is 0 Å². The maximum atomic E-state index is 11.6. The van der Waals surface area contributed by atoms with Crippen molar-refractivity contribution >= 4 is 35.3 Å². The van der Waals surface area contributed by atoms with Crippen molar-refractivity contribution < 1.29 is 9.53 Å². The molecule has 0 radical (unpaired) electrons. The number of rotatable bonds is 6. The lowest BCUT2D eigenvalue weighted by atomic mass is 10.2. The summed E-state index contributed by atoms with van der Waals surface area (Å²) in [7, 11) is 1.92. The number of anilines is 1. The van der Waals surface area contributed by atoms with Gasteiger partial charge in [-0.15, -0.1) is 11.6 Å². The third kappa shape index (κ3) is 4.83. The van der Waals surface area contributed by atoms with E-state index in [4.69, 9.17) is 16.3 Å². The van der Waals surface area contributed by atoms with E-state index in [1.807, 2.05) is 36.2 Å². The zero-order valence-corrected chi connectivity index (χ0v) is 14.0. The number of aliphatic imine (C=N–C) groups is 1. The molecule has 0 heterocycles. The van der Waals surface area contributed by atoms with Gasteiger partial charge in [-0.2, -0.15) is 0 Å². The highest BCUT2D eigenvalue weighted by atomic mass is 35.5. The van der Waals surface area contributed by atoms with E-state index in [1.165, 1.54) is 0 Å². The topological polar surface area (TPSA) is 41.9 Å². The molecule has 120 valence electrons. The number of hydrogen-bond donors (Lipinski definition) is 0. The molecule has 2 rings (SSSR count). The predicted molar refractivity (Wildman–Crippen MR) is 95.0 cm³/mol. The fourth-order valence-electron chi connectivity index (χ4n) is 1.94. The molecule has 4 nitrogen and oxygen atoms in total. The molecule has 0 aliphatic rings. The van der Waals surface area contributed by atoms with Gasteiger partial charge in [-0.25, -0.2) is 9.79 Å². The molecular formula is C18H19ClN2O2. The Hall–Kier alpha value is -2.33. The first-order chi connectivity index (χ1) is 11.1. The maximum Gasteiger partial charge on any atom is 0.338 e. The number of esters is 1. The Balaban J connectivity index is 2.02. The summed E-state index contributed by atoms with van der Waals surface area (Å²) in [6, 6.07) is 14.9. The minimum atomic E-state index is -0.320. The Morgan fingerprint density at radius 3 is 2.39 bits per heavy atom. The van der Waals surface area contributed by atoms with E-state index in [1.54, 1.807) is 37.5 Å². The van der Waals surface area contributed by atoms with Crippen molar-refractivity contribution in [3.05, 3.63) is 59.7 Å². The molecule has 0 spiro atoms. The van der Waals surface area contributed by atoms with Crippen LogP contribution in [0.15, 0.2) is 53.5 Å². The van der Waals surface area contributed by atoms with Crippen LogP contribution in [0.3, 0.4) is 0 Å². The smallest absolute Gasteiger partial charge is 0.338 e. The van der Waals surface area contributed by atoms with Crippen molar-refractivity contribution in [1.29, 1.82) is 0 Å². The minimum absolute atomic E-state index is 0.320. The summed E-state index contributed by atoms with van der Waals surface area (Å²) in [5, 5.41) is 0. The maximum absolute atomic E-state index is 11.6. The van der Waals surface area contributed by atoms with Crippen LogP contribution in [0.1, 0.15) is 22.8 Å². The number of alkyl halides is 1. The summed E-state index contributed by atoms with van der Waals surface area (Å²) in [5.41, 5.74) is 3.39. The average molecular weight is 331 g/mol. The fourth-order valence-corrected chi connectivity index (χ4v) is 2.12. The second kappa shape index (κ2) is 8.34. The molecule has 0 aromatic heterocycles. The van der Waals surface area contributed by atoms with E-state index in [-0.39, 0.29) is 5.97 Å². The molecule has 0 unspecified atom stereocenters. The fraction of sp³-hybridized carbons (Fsp3) is 0.222. The van der Waals surface area contributed by atoms with E-state index >= 15 is 0 Å². The first-order valence-corrected chi connectivity index (χ1v) is 7.86. The first-order valence-electron chi connectivity index (χ1n) is 7.33. The van der Waals surface area contributed by atoms with Gasteiger partial charge in [-0.3, -0.25) is 0 Å². The van der Waals surface area contributed by atoms with Crippen LogP contribution in [0.5, 0.6) is 0 Å². The number of nitrogens with zero attached hydrogens (tertiary/aromatic N) is 2. The second-order valence-corrected chi connectivity index (χ2v) is 5.19. The molecule has 0 atom stereocenters. The Morgan fingerprint density at radius 2 is 1.83 bits per heavy atom. The van der Waals surface area contributed by atoms with Gasteiger partial charge in [0.2, 0.25) is 0 Å². The van der Waals surface area contributed by atoms with Gasteiger partial charge in [0.1, 0.15) is 0 Å².